The molecular weight excluding hydrogens is 1740 g/mol. The van der Waals surface area contributed by atoms with E-state index in [0.717, 1.165) is 8.61 Å². The highest BCUT2D eigenvalue weighted by Gasteiger charge is 2.61. The minimum absolute atomic E-state index is 0.000322. The summed E-state index contributed by atoms with van der Waals surface area (Å²) in [6.07, 6.45) is -2.16. The second-order valence-corrected chi connectivity index (χ2v) is 36.7. The van der Waals surface area contributed by atoms with Gasteiger partial charge >= 0.3 is 21.1 Å². The standard InChI is InChI=1S/C92H78N16O16S4Si/c1-5-103(6-2)91(109)123-129(124-92(110)104(7-3)8-4)107-87-77-46-42-66(106(126(113)114)64-30-24-40-72(52-64)122-70-37-19-12-20-38-70)54-81(77)89(107)97-84-76-47-43-73(127(115,116)101-61-27-21-25-59(49-61)93-57-119-67-31-13-9-14-32-67)55-80(76)86(96-84)100-88-78-48-44-74(128(117,118)102-62-28-22-26-60(50-62)94-58-120-68-33-15-10-16-34-68)56-82(78)90(108(88)129)98-83-75-45-41-65(53-79(75)85(95-83)99-87)105(125(111)112)63-29-23-39-71(51-63)121-69-35-17-11-18-36-69/h9-56,93-94,101-102H,5-8,57-58H2,1-4H3,(H,111,112)(H,113,114). The van der Waals surface area contributed by atoms with Crippen molar-refractivity contribution in [3.05, 3.63) is 324 Å². The summed E-state index contributed by atoms with van der Waals surface area (Å²) >= 11 is -5.74. The first-order valence-electron chi connectivity index (χ1n) is 40.6. The number of anilines is 8. The molecule has 0 saturated heterocycles. The Morgan fingerprint density at radius 2 is 0.752 bits per heavy atom. The Labute approximate surface area is 745 Å². The molecule has 0 spiro atoms. The number of sulfonamides is 2. The van der Waals surface area contributed by atoms with E-state index in [0.29, 0.717) is 40.1 Å². The highest BCUT2D eigenvalue weighted by Crippen LogP contribution is 2.47. The first kappa shape index (κ1) is 84.7. The van der Waals surface area contributed by atoms with Crippen molar-refractivity contribution < 1.29 is 71.7 Å². The Balaban J connectivity index is 0.921. The van der Waals surface area contributed by atoms with Crippen molar-refractivity contribution in [1.29, 1.82) is 0 Å². The molecule has 4 aliphatic rings. The van der Waals surface area contributed by atoms with Crippen LogP contribution in [-0.4, -0.2) is 137 Å². The van der Waals surface area contributed by atoms with Crippen LogP contribution in [0.1, 0.15) is 49.9 Å². The van der Waals surface area contributed by atoms with E-state index < -0.39 is 63.7 Å². The summed E-state index contributed by atoms with van der Waals surface area (Å²) in [5.41, 5.74) is 1.88. The zero-order valence-electron chi connectivity index (χ0n) is 69.1. The number of aromatic nitrogens is 2. The van der Waals surface area contributed by atoms with Crippen LogP contribution in [0.4, 0.5) is 66.7 Å². The fourth-order valence-corrected chi connectivity index (χ4v) is 21.6. The molecule has 2 amide bonds. The van der Waals surface area contributed by atoms with Crippen molar-refractivity contribution in [3.63, 3.8) is 0 Å². The van der Waals surface area contributed by atoms with Gasteiger partial charge in [0.15, 0.2) is 36.8 Å². The number of amides is 2. The average molecular weight is 1820 g/mol. The lowest BCUT2D eigenvalue weighted by molar-refractivity contribution is 0.112. The smallest absolute Gasteiger partial charge is 0.473 e. The molecule has 6 bridgehead atoms. The van der Waals surface area contributed by atoms with Gasteiger partial charge in [0.2, 0.25) is 0 Å². The number of nitrogens with zero attached hydrogens (tertiary/aromatic N) is 12. The van der Waals surface area contributed by atoms with E-state index in [4.69, 9.17) is 57.8 Å². The van der Waals surface area contributed by atoms with Gasteiger partial charge in [0.25, 0.3) is 42.6 Å². The molecule has 12 aromatic carbocycles. The summed E-state index contributed by atoms with van der Waals surface area (Å²) in [7, 11) is -15.4. The van der Waals surface area contributed by atoms with Gasteiger partial charge in [-0.05, 0) is 210 Å². The maximum Gasteiger partial charge on any atom is 0.744 e. The van der Waals surface area contributed by atoms with Crippen LogP contribution < -0.4 is 58.6 Å². The van der Waals surface area contributed by atoms with Gasteiger partial charge in [-0.1, -0.05) is 97.1 Å². The number of amidine groups is 4. The number of fused-ring (bicyclic) bond motifs is 14. The molecule has 650 valence electrons. The maximum absolute atomic E-state index is 16.3. The molecule has 0 radical (unpaired) electrons. The third-order valence-corrected chi connectivity index (χ3v) is 28.4. The number of hydrogen-bond donors (Lipinski definition) is 6. The maximum atomic E-state index is 16.3. The number of carbonyl (C=O) groups is 2. The van der Waals surface area contributed by atoms with Gasteiger partial charge in [0.1, 0.15) is 57.1 Å². The van der Waals surface area contributed by atoms with Crippen LogP contribution >= 0.6 is 0 Å². The highest BCUT2D eigenvalue weighted by atomic mass is 32.2. The molecule has 6 heterocycles. The van der Waals surface area contributed by atoms with Crippen LogP contribution in [0.15, 0.2) is 331 Å². The number of nitrogens with one attached hydrogen (secondary N) is 4. The Hall–Kier alpha value is -15.1. The van der Waals surface area contributed by atoms with Crippen molar-refractivity contribution in [3.8, 4) is 34.5 Å². The third-order valence-electron chi connectivity index (χ3n) is 21.3. The molecule has 37 heteroatoms. The van der Waals surface area contributed by atoms with Gasteiger partial charge in [0.05, 0.1) is 43.9 Å². The summed E-state index contributed by atoms with van der Waals surface area (Å²) in [4.78, 5) is 67.2. The van der Waals surface area contributed by atoms with Crippen molar-refractivity contribution in [2.75, 3.05) is 68.3 Å². The monoisotopic (exact) mass is 1820 g/mol. The van der Waals surface area contributed by atoms with Crippen LogP contribution in [0.3, 0.4) is 0 Å². The summed E-state index contributed by atoms with van der Waals surface area (Å²) < 4.78 is 163. The van der Waals surface area contributed by atoms with Crippen LogP contribution in [0.5, 0.6) is 34.5 Å². The molecule has 4 aliphatic heterocycles. The molecular formula is C92H78N16O16S4Si. The zero-order chi connectivity index (χ0) is 89.2. The minimum Gasteiger partial charge on any atom is -0.473 e. The van der Waals surface area contributed by atoms with Crippen LogP contribution in [0, 0.1) is 0 Å². The van der Waals surface area contributed by atoms with Crippen LogP contribution in [-0.2, 0) is 51.4 Å². The number of ether oxygens (including phenoxy) is 4. The van der Waals surface area contributed by atoms with E-state index in [2.05, 4.69) is 20.1 Å². The second-order valence-electron chi connectivity index (χ2n) is 29.2. The minimum atomic E-state index is -6.10. The molecule has 6 N–H and O–H groups in total. The lowest BCUT2D eigenvalue weighted by Gasteiger charge is -2.34. The van der Waals surface area contributed by atoms with Gasteiger partial charge in [0, 0.05) is 93.5 Å². The second kappa shape index (κ2) is 35.7. The van der Waals surface area contributed by atoms with Gasteiger partial charge in [-0.25, -0.2) is 73.4 Å². The molecule has 2 atom stereocenters. The molecule has 18 rings (SSSR count). The quantitative estimate of drug-likeness (QED) is 0.0138. The normalized spacial score (nSPS) is 13.6. The first-order valence-corrected chi connectivity index (χ1v) is 47.4. The number of hydrogen-bond acceptors (Lipinski definition) is 22. The Morgan fingerprint density at radius 1 is 0.364 bits per heavy atom. The van der Waals surface area contributed by atoms with Gasteiger partial charge in [-0.3, -0.25) is 27.0 Å². The Bertz CT molecular complexity index is 7330. The largest absolute Gasteiger partial charge is 0.744 e. The Morgan fingerprint density at radius 3 is 1.26 bits per heavy atom. The van der Waals surface area contributed by atoms with Crippen molar-refractivity contribution in [1.82, 2.24) is 18.3 Å². The summed E-state index contributed by atoms with van der Waals surface area (Å²) in [5.74, 6) is 1.44. The van der Waals surface area contributed by atoms with E-state index in [9.17, 15) is 17.5 Å². The topological polar surface area (TPSA) is 378 Å². The molecule has 129 heavy (non-hydrogen) atoms. The predicted molar refractivity (Wildman–Crippen MR) is 497 cm³/mol. The molecule has 14 aromatic rings. The van der Waals surface area contributed by atoms with Crippen LogP contribution in [0.2, 0.25) is 0 Å². The van der Waals surface area contributed by atoms with E-state index >= 15 is 26.4 Å². The molecule has 0 aliphatic carbocycles. The van der Waals surface area contributed by atoms with Crippen molar-refractivity contribution >= 4 is 166 Å². The third kappa shape index (κ3) is 17.1. The van der Waals surface area contributed by atoms with E-state index in [-0.39, 0.29) is 179 Å². The number of aliphatic imine (C=N–C) groups is 4. The summed E-state index contributed by atoms with van der Waals surface area (Å²) in [6, 6.07) is 79.8. The summed E-state index contributed by atoms with van der Waals surface area (Å²) in [6.45, 7) is 6.89. The van der Waals surface area contributed by atoms with E-state index in [1.807, 2.05) is 48.5 Å². The number of rotatable bonds is 30. The fourth-order valence-electron chi connectivity index (χ4n) is 15.2. The zero-order valence-corrected chi connectivity index (χ0v) is 73.3. The molecule has 0 saturated carbocycles. The number of para-hydroxylation sites is 4. The van der Waals surface area contributed by atoms with Crippen LogP contribution in [0.25, 0.3) is 21.5 Å². The first-order chi connectivity index (χ1) is 62.6. The summed E-state index contributed by atoms with van der Waals surface area (Å²) in [5, 5.41) is 6.44. The number of benzene rings is 12. The average Bonchev–Trinajstić information content (AvgIpc) is 1.52. The molecule has 32 nitrogen and oxygen atoms in total. The molecule has 0 fully saturated rings. The Kier molecular flexibility index (Phi) is 23.5. The van der Waals surface area contributed by atoms with E-state index in [1.54, 1.807) is 222 Å². The number of carbonyl (C=O) groups excluding carboxylic acids is 2. The molecule has 2 aromatic heterocycles. The lowest BCUT2D eigenvalue weighted by atomic mass is 10.1. The van der Waals surface area contributed by atoms with Gasteiger partial charge in [-0.15, -0.1) is 0 Å². The van der Waals surface area contributed by atoms with Crippen molar-refractivity contribution in [2.45, 2.75) is 37.5 Å². The predicted octanol–water partition coefficient (Wildman–Crippen LogP) is 17.0. The fraction of sp³-hybridized carbons (Fsp3) is 0.109. The highest BCUT2D eigenvalue weighted by molar-refractivity contribution is 7.93. The van der Waals surface area contributed by atoms with Crippen molar-refractivity contribution in [2.24, 2.45) is 30.0 Å². The SMILES string of the molecule is CCN(CC)C(=O)O[Si]1(OC(=O)N(CC)CC)n2c3c4cc(S(=O)(=O)Nc5cccc(NCOc6ccccc6)c5)ccc4c2N=C2N=C(N=c4c5cc(N(c6cccc(Oc7ccccc7)c6)S(=O)O)ccc5c(n41)=NC1=NC(=N3)c3ccc(N(c4cccc(Oc5ccccc5)c4)S(=O)O)cc31)c1ccc(S(=O)(=O)Nc3cccc(NCOc4ccccc4)c3)cc12. The van der Waals surface area contributed by atoms with Gasteiger partial charge in [-0.2, -0.15) is 0 Å². The molecule has 2 unspecified atom stereocenters. The van der Waals surface area contributed by atoms with Gasteiger partial charge < -0.3 is 48.2 Å². The lowest BCUT2D eigenvalue weighted by Crippen LogP contribution is -2.67. The van der Waals surface area contributed by atoms with E-state index in [1.165, 1.54) is 66.8 Å².